The number of anilines is 1. The molecule has 10 heteroatoms. The molecule has 4 rings (SSSR count). The Morgan fingerprint density at radius 2 is 1.82 bits per heavy atom. The van der Waals surface area contributed by atoms with Crippen LogP contribution >= 0.6 is 0 Å². The predicted molar refractivity (Wildman–Crippen MR) is 102 cm³/mol. The summed E-state index contributed by atoms with van der Waals surface area (Å²) in [6.45, 7) is 4.57. The largest absolute Gasteiger partial charge is 0.337 e. The Balaban J connectivity index is 1.33. The Labute approximate surface area is 162 Å². The maximum atomic E-state index is 12.3. The van der Waals surface area contributed by atoms with E-state index in [0.29, 0.717) is 32.1 Å². The molecule has 0 spiro atoms. The second-order valence-corrected chi connectivity index (χ2v) is 7.16. The highest BCUT2D eigenvalue weighted by Gasteiger charge is 2.30. The fraction of sp³-hybridized carbons (Fsp3) is 0.500. The molecule has 28 heavy (non-hydrogen) atoms. The number of nitrogens with one attached hydrogen (secondary N) is 2. The van der Waals surface area contributed by atoms with Crippen LogP contribution in [-0.4, -0.2) is 75.3 Å². The van der Waals surface area contributed by atoms with Gasteiger partial charge in [0.1, 0.15) is 0 Å². The van der Waals surface area contributed by atoms with Crippen molar-refractivity contribution in [3.05, 3.63) is 30.3 Å². The normalized spacial score (nSPS) is 18.5. The van der Waals surface area contributed by atoms with Crippen LogP contribution in [0.25, 0.3) is 5.69 Å². The Morgan fingerprint density at radius 3 is 2.50 bits per heavy atom. The minimum atomic E-state index is -0.403. The maximum Gasteiger partial charge on any atom is 0.321 e. The molecule has 0 radical (unpaired) electrons. The molecule has 0 bridgehead atoms. The summed E-state index contributed by atoms with van der Waals surface area (Å²) in [4.78, 5) is 28.3. The lowest BCUT2D eigenvalue weighted by molar-refractivity contribution is -0.124. The molecular formula is C18H24N8O2. The molecule has 3 amide bonds. The molecule has 1 aliphatic carbocycles. The maximum absolute atomic E-state index is 12.3. The average Bonchev–Trinajstić information content (AvgIpc) is 3.39. The first-order valence-electron chi connectivity index (χ1n) is 9.56. The lowest BCUT2D eigenvalue weighted by Crippen LogP contribution is -2.56. The summed E-state index contributed by atoms with van der Waals surface area (Å²) in [7, 11) is 0. The van der Waals surface area contributed by atoms with Gasteiger partial charge >= 0.3 is 6.03 Å². The van der Waals surface area contributed by atoms with Gasteiger partial charge < -0.3 is 10.2 Å². The van der Waals surface area contributed by atoms with Crippen molar-refractivity contribution in [3.63, 3.8) is 0 Å². The van der Waals surface area contributed by atoms with Crippen LogP contribution in [-0.2, 0) is 4.79 Å². The van der Waals surface area contributed by atoms with E-state index in [0.717, 1.165) is 18.5 Å². The molecular weight excluding hydrogens is 360 g/mol. The van der Waals surface area contributed by atoms with Gasteiger partial charge in [-0.25, -0.2) is 4.79 Å². The number of nitrogens with zero attached hydrogens (tertiary/aromatic N) is 6. The fourth-order valence-corrected chi connectivity index (χ4v) is 3.26. The van der Waals surface area contributed by atoms with Crippen molar-refractivity contribution in [2.75, 3.05) is 31.1 Å². The number of hydrogen-bond acceptors (Lipinski definition) is 7. The third kappa shape index (κ3) is 4.11. The summed E-state index contributed by atoms with van der Waals surface area (Å²) in [6, 6.07) is 9.18. The van der Waals surface area contributed by atoms with Crippen molar-refractivity contribution in [3.8, 4) is 5.69 Å². The number of imide groups is 1. The SMILES string of the molecule is CC(C(=O)NC(=O)NC1CC1)N1CCN(c2nnnn2-c2ccccc2)CC1. The van der Waals surface area contributed by atoms with E-state index < -0.39 is 6.03 Å². The molecule has 10 nitrogen and oxygen atoms in total. The first kappa shape index (κ1) is 18.4. The number of piperazine rings is 1. The Morgan fingerprint density at radius 1 is 1.11 bits per heavy atom. The van der Waals surface area contributed by atoms with Gasteiger partial charge in [-0.15, -0.1) is 0 Å². The first-order valence-corrected chi connectivity index (χ1v) is 9.56. The standard InChI is InChI=1S/C18H24N8O2/c1-13(16(27)20-17(28)19-14-7-8-14)24-9-11-25(12-10-24)18-21-22-23-26(18)15-5-3-2-4-6-15/h2-6,13-14H,7-12H2,1H3,(H2,19,20,27,28). The number of carbonyl (C=O) groups is 2. The van der Waals surface area contributed by atoms with Gasteiger partial charge in [0.2, 0.25) is 11.9 Å². The zero-order chi connectivity index (χ0) is 19.5. The number of hydrogen-bond donors (Lipinski definition) is 2. The number of tetrazole rings is 1. The quantitative estimate of drug-likeness (QED) is 0.756. The minimum absolute atomic E-state index is 0.224. The molecule has 1 unspecified atom stereocenters. The van der Waals surface area contributed by atoms with Crippen LogP contribution in [0.4, 0.5) is 10.7 Å². The molecule has 2 N–H and O–H groups in total. The number of carbonyl (C=O) groups excluding carboxylic acids is 2. The Bertz CT molecular complexity index is 827. The lowest BCUT2D eigenvalue weighted by Gasteiger charge is -2.37. The molecule has 1 saturated heterocycles. The highest BCUT2D eigenvalue weighted by molar-refractivity contribution is 5.97. The van der Waals surface area contributed by atoms with Gasteiger partial charge in [0.15, 0.2) is 0 Å². The molecule has 1 atom stereocenters. The van der Waals surface area contributed by atoms with Crippen LogP contribution in [0.3, 0.4) is 0 Å². The number of benzene rings is 1. The topological polar surface area (TPSA) is 108 Å². The van der Waals surface area contributed by atoms with Crippen LogP contribution in [0.5, 0.6) is 0 Å². The third-order valence-corrected chi connectivity index (χ3v) is 5.13. The second kappa shape index (κ2) is 7.93. The molecule has 2 heterocycles. The van der Waals surface area contributed by atoms with Crippen LogP contribution in [0.15, 0.2) is 30.3 Å². The smallest absolute Gasteiger partial charge is 0.321 e. The molecule has 2 aliphatic rings. The molecule has 148 valence electrons. The number of para-hydroxylation sites is 1. The van der Waals surface area contributed by atoms with Crippen LogP contribution in [0.2, 0.25) is 0 Å². The summed E-state index contributed by atoms with van der Waals surface area (Å²) in [5, 5.41) is 17.3. The summed E-state index contributed by atoms with van der Waals surface area (Å²) in [5.41, 5.74) is 0.902. The van der Waals surface area contributed by atoms with Crippen molar-refractivity contribution in [1.29, 1.82) is 0 Å². The summed E-state index contributed by atoms with van der Waals surface area (Å²) < 4.78 is 1.72. The van der Waals surface area contributed by atoms with Gasteiger partial charge in [0.25, 0.3) is 0 Å². The summed E-state index contributed by atoms with van der Waals surface area (Å²) in [5.74, 6) is 0.410. The molecule has 1 saturated carbocycles. The van der Waals surface area contributed by atoms with E-state index in [1.807, 2.05) is 37.3 Å². The van der Waals surface area contributed by atoms with E-state index in [4.69, 9.17) is 0 Å². The van der Waals surface area contributed by atoms with E-state index in [1.54, 1.807) is 4.68 Å². The first-order chi connectivity index (χ1) is 13.6. The van der Waals surface area contributed by atoms with Gasteiger partial charge in [-0.05, 0) is 42.3 Å². The van der Waals surface area contributed by atoms with Crippen molar-refractivity contribution in [2.45, 2.75) is 31.8 Å². The van der Waals surface area contributed by atoms with E-state index in [1.165, 1.54) is 0 Å². The molecule has 2 aromatic rings. The number of amides is 3. The fourth-order valence-electron chi connectivity index (χ4n) is 3.26. The minimum Gasteiger partial charge on any atom is -0.337 e. The van der Waals surface area contributed by atoms with Crippen molar-refractivity contribution in [2.24, 2.45) is 0 Å². The van der Waals surface area contributed by atoms with E-state index in [9.17, 15) is 9.59 Å². The van der Waals surface area contributed by atoms with Gasteiger partial charge in [0, 0.05) is 32.2 Å². The Kier molecular flexibility index (Phi) is 5.20. The molecule has 1 aromatic carbocycles. The second-order valence-electron chi connectivity index (χ2n) is 7.16. The van der Waals surface area contributed by atoms with Crippen molar-refractivity contribution < 1.29 is 9.59 Å². The molecule has 1 aliphatic heterocycles. The summed E-state index contributed by atoms with van der Waals surface area (Å²) >= 11 is 0. The number of urea groups is 1. The van der Waals surface area contributed by atoms with Crippen LogP contribution in [0.1, 0.15) is 19.8 Å². The molecule has 2 fully saturated rings. The van der Waals surface area contributed by atoms with Gasteiger partial charge in [0.05, 0.1) is 11.7 Å². The summed E-state index contributed by atoms with van der Waals surface area (Å²) in [6.07, 6.45) is 1.98. The third-order valence-electron chi connectivity index (χ3n) is 5.13. The van der Waals surface area contributed by atoms with Crippen molar-refractivity contribution in [1.82, 2.24) is 35.7 Å². The predicted octanol–water partition coefficient (Wildman–Crippen LogP) is 0.161. The zero-order valence-electron chi connectivity index (χ0n) is 15.8. The zero-order valence-corrected chi connectivity index (χ0v) is 15.8. The van der Waals surface area contributed by atoms with E-state index in [-0.39, 0.29) is 18.0 Å². The van der Waals surface area contributed by atoms with Crippen LogP contribution < -0.4 is 15.5 Å². The van der Waals surface area contributed by atoms with E-state index >= 15 is 0 Å². The van der Waals surface area contributed by atoms with Crippen molar-refractivity contribution >= 4 is 17.9 Å². The average molecular weight is 384 g/mol. The lowest BCUT2D eigenvalue weighted by atomic mass is 10.2. The highest BCUT2D eigenvalue weighted by atomic mass is 16.2. The number of rotatable bonds is 5. The molecule has 1 aromatic heterocycles. The van der Waals surface area contributed by atoms with Gasteiger partial charge in [-0.1, -0.05) is 23.3 Å². The van der Waals surface area contributed by atoms with Gasteiger partial charge in [-0.3, -0.25) is 15.0 Å². The van der Waals surface area contributed by atoms with Crippen LogP contribution in [0, 0.1) is 0 Å². The monoisotopic (exact) mass is 384 g/mol. The Hall–Kier alpha value is -3.01. The van der Waals surface area contributed by atoms with Gasteiger partial charge in [-0.2, -0.15) is 4.68 Å². The highest BCUT2D eigenvalue weighted by Crippen LogP contribution is 2.19. The number of aromatic nitrogens is 4. The van der Waals surface area contributed by atoms with E-state index in [2.05, 4.69) is 36.0 Å².